The lowest BCUT2D eigenvalue weighted by atomic mass is 9.96. The van der Waals surface area contributed by atoms with Crippen LogP contribution in [-0.4, -0.2) is 41.6 Å². The van der Waals surface area contributed by atoms with Gasteiger partial charge >= 0.3 is 0 Å². The lowest BCUT2D eigenvalue weighted by Gasteiger charge is -2.30. The summed E-state index contributed by atoms with van der Waals surface area (Å²) in [6.07, 6.45) is 2.36. The van der Waals surface area contributed by atoms with E-state index in [1.807, 2.05) is 24.3 Å². The summed E-state index contributed by atoms with van der Waals surface area (Å²) in [5.74, 6) is 0.951. The van der Waals surface area contributed by atoms with E-state index in [-0.39, 0.29) is 17.7 Å². The third-order valence-electron chi connectivity index (χ3n) is 4.89. The summed E-state index contributed by atoms with van der Waals surface area (Å²) >= 11 is 0. The van der Waals surface area contributed by atoms with Gasteiger partial charge in [-0.2, -0.15) is 0 Å². The molecule has 2 heterocycles. The summed E-state index contributed by atoms with van der Waals surface area (Å²) in [5.41, 5.74) is 0.658. The Balaban J connectivity index is 1.52. The fraction of sp³-hybridized carbons (Fsp3) is 0.389. The zero-order valence-electron chi connectivity index (χ0n) is 12.5. The Kier molecular flexibility index (Phi) is 3.26. The zero-order valence-corrected chi connectivity index (χ0v) is 12.5. The standard InChI is InChI=1S/C18H20N2O2/c21-17-4-3-13-1-2-14(8-15(13)9-17)18(22)19-16-7-12-5-6-20(10-12)11-16/h1-4,8-9,12,16,21H,5-7,10-11H2,(H,19,22). The van der Waals surface area contributed by atoms with Gasteiger partial charge in [0.1, 0.15) is 5.75 Å². The van der Waals surface area contributed by atoms with Crippen LogP contribution in [0.5, 0.6) is 5.75 Å². The van der Waals surface area contributed by atoms with Crippen LogP contribution in [0.15, 0.2) is 36.4 Å². The Hall–Kier alpha value is -2.07. The van der Waals surface area contributed by atoms with E-state index in [4.69, 9.17) is 0 Å². The minimum atomic E-state index is -0.0160. The molecule has 4 nitrogen and oxygen atoms in total. The van der Waals surface area contributed by atoms with Crippen LogP contribution < -0.4 is 5.32 Å². The molecule has 0 aliphatic carbocycles. The van der Waals surface area contributed by atoms with Crippen LogP contribution in [0.2, 0.25) is 0 Å². The van der Waals surface area contributed by atoms with E-state index < -0.39 is 0 Å². The summed E-state index contributed by atoms with van der Waals surface area (Å²) in [7, 11) is 0. The molecule has 0 radical (unpaired) electrons. The third kappa shape index (κ3) is 2.55. The fourth-order valence-electron chi connectivity index (χ4n) is 3.81. The predicted molar refractivity (Wildman–Crippen MR) is 86.0 cm³/mol. The second kappa shape index (κ2) is 5.29. The highest BCUT2D eigenvalue weighted by Gasteiger charge is 2.32. The van der Waals surface area contributed by atoms with Crippen molar-refractivity contribution in [3.05, 3.63) is 42.0 Å². The number of piperidine rings is 1. The van der Waals surface area contributed by atoms with Gasteiger partial charge in [-0.25, -0.2) is 0 Å². The number of benzene rings is 2. The first-order chi connectivity index (χ1) is 10.7. The van der Waals surface area contributed by atoms with E-state index in [9.17, 15) is 9.90 Å². The van der Waals surface area contributed by atoms with Crippen molar-refractivity contribution < 1.29 is 9.90 Å². The molecular formula is C18H20N2O2. The van der Waals surface area contributed by atoms with E-state index >= 15 is 0 Å². The lowest BCUT2D eigenvalue weighted by Crippen LogP contribution is -2.47. The van der Waals surface area contributed by atoms with E-state index in [1.54, 1.807) is 12.1 Å². The molecule has 2 fully saturated rings. The van der Waals surface area contributed by atoms with Gasteiger partial charge in [0, 0.05) is 24.7 Å². The summed E-state index contributed by atoms with van der Waals surface area (Å²) in [6, 6.07) is 11.1. The number of nitrogens with one attached hydrogen (secondary N) is 1. The van der Waals surface area contributed by atoms with Crippen LogP contribution in [0.4, 0.5) is 0 Å². The molecule has 2 aromatic carbocycles. The van der Waals surface area contributed by atoms with Crippen LogP contribution in [-0.2, 0) is 0 Å². The number of rotatable bonds is 2. The van der Waals surface area contributed by atoms with Crippen LogP contribution in [0.25, 0.3) is 10.8 Å². The first-order valence-electron chi connectivity index (χ1n) is 7.93. The number of hydrogen-bond acceptors (Lipinski definition) is 3. The molecular weight excluding hydrogens is 276 g/mol. The van der Waals surface area contributed by atoms with Gasteiger partial charge in [0.25, 0.3) is 5.91 Å². The molecule has 2 aliphatic rings. The van der Waals surface area contributed by atoms with Gasteiger partial charge in [0.2, 0.25) is 0 Å². The molecule has 2 aromatic rings. The molecule has 4 heteroatoms. The number of phenolic OH excluding ortho intramolecular Hbond substituents is 1. The predicted octanol–water partition coefficient (Wildman–Crippen LogP) is 2.37. The topological polar surface area (TPSA) is 52.6 Å². The van der Waals surface area contributed by atoms with E-state index in [0.29, 0.717) is 5.56 Å². The minimum absolute atomic E-state index is 0.0160. The highest BCUT2D eigenvalue weighted by atomic mass is 16.3. The number of amides is 1. The summed E-state index contributed by atoms with van der Waals surface area (Å²) < 4.78 is 0. The smallest absolute Gasteiger partial charge is 0.251 e. The van der Waals surface area contributed by atoms with Gasteiger partial charge in [0.05, 0.1) is 0 Å². The number of carbonyl (C=O) groups is 1. The Morgan fingerprint density at radius 1 is 1.14 bits per heavy atom. The van der Waals surface area contributed by atoms with E-state index in [2.05, 4.69) is 10.2 Å². The van der Waals surface area contributed by atoms with Crippen molar-refractivity contribution in [3.63, 3.8) is 0 Å². The largest absolute Gasteiger partial charge is 0.508 e. The van der Waals surface area contributed by atoms with Gasteiger partial charge < -0.3 is 15.3 Å². The molecule has 22 heavy (non-hydrogen) atoms. The Morgan fingerprint density at radius 3 is 2.86 bits per heavy atom. The number of hydrogen-bond donors (Lipinski definition) is 2. The van der Waals surface area contributed by atoms with Crippen LogP contribution >= 0.6 is 0 Å². The number of nitrogens with zero attached hydrogens (tertiary/aromatic N) is 1. The summed E-state index contributed by atoms with van der Waals surface area (Å²) in [6.45, 7) is 3.34. The lowest BCUT2D eigenvalue weighted by molar-refractivity contribution is 0.0909. The van der Waals surface area contributed by atoms with Crippen molar-refractivity contribution in [1.29, 1.82) is 0 Å². The number of carbonyl (C=O) groups excluding carboxylic acids is 1. The zero-order chi connectivity index (χ0) is 15.1. The molecule has 2 aliphatic heterocycles. The molecule has 2 bridgehead atoms. The van der Waals surface area contributed by atoms with Crippen molar-refractivity contribution in [2.24, 2.45) is 5.92 Å². The average Bonchev–Trinajstić information content (AvgIpc) is 2.85. The van der Waals surface area contributed by atoms with Gasteiger partial charge in [0.15, 0.2) is 0 Å². The molecule has 114 valence electrons. The highest BCUT2D eigenvalue weighted by Crippen LogP contribution is 2.27. The first kappa shape index (κ1) is 13.6. The van der Waals surface area contributed by atoms with Crippen LogP contribution in [0.3, 0.4) is 0 Å². The average molecular weight is 296 g/mol. The van der Waals surface area contributed by atoms with Gasteiger partial charge in [-0.15, -0.1) is 0 Å². The molecule has 3 atom stereocenters. The normalized spacial score (nSPS) is 27.0. The maximum Gasteiger partial charge on any atom is 0.251 e. The third-order valence-corrected chi connectivity index (χ3v) is 4.89. The van der Waals surface area contributed by atoms with Crippen molar-refractivity contribution in [1.82, 2.24) is 10.2 Å². The monoisotopic (exact) mass is 296 g/mol. The number of aromatic hydroxyl groups is 1. The van der Waals surface area contributed by atoms with Crippen LogP contribution in [0.1, 0.15) is 23.2 Å². The Morgan fingerprint density at radius 2 is 2.00 bits per heavy atom. The number of phenols is 1. The molecule has 2 N–H and O–H groups in total. The van der Waals surface area contributed by atoms with Crippen molar-refractivity contribution in [2.75, 3.05) is 19.6 Å². The highest BCUT2D eigenvalue weighted by molar-refractivity contribution is 5.99. The second-order valence-corrected chi connectivity index (χ2v) is 6.57. The SMILES string of the molecule is O=C(NC1CC2CCN(C2)C1)c1ccc2ccc(O)cc2c1. The summed E-state index contributed by atoms with van der Waals surface area (Å²) in [5, 5.41) is 14.7. The quantitative estimate of drug-likeness (QED) is 0.894. The molecule has 0 spiro atoms. The van der Waals surface area contributed by atoms with Crippen molar-refractivity contribution in [3.8, 4) is 5.75 Å². The molecule has 0 aromatic heterocycles. The Labute approximate surface area is 129 Å². The minimum Gasteiger partial charge on any atom is -0.508 e. The van der Waals surface area contributed by atoms with Gasteiger partial charge in [-0.05, 0) is 60.3 Å². The second-order valence-electron chi connectivity index (χ2n) is 6.57. The Bertz CT molecular complexity index is 716. The molecule has 0 saturated carbocycles. The van der Waals surface area contributed by atoms with Crippen LogP contribution in [0, 0.1) is 5.92 Å². The van der Waals surface area contributed by atoms with Crippen molar-refractivity contribution in [2.45, 2.75) is 18.9 Å². The van der Waals surface area contributed by atoms with E-state index in [0.717, 1.165) is 29.7 Å². The number of fused-ring (bicyclic) bond motifs is 3. The van der Waals surface area contributed by atoms with Gasteiger partial charge in [-0.3, -0.25) is 4.79 Å². The summed E-state index contributed by atoms with van der Waals surface area (Å²) in [4.78, 5) is 14.9. The first-order valence-corrected chi connectivity index (χ1v) is 7.93. The molecule has 4 rings (SSSR count). The maximum absolute atomic E-state index is 12.5. The molecule has 2 saturated heterocycles. The molecule has 3 unspecified atom stereocenters. The van der Waals surface area contributed by atoms with E-state index in [1.165, 1.54) is 19.5 Å². The maximum atomic E-state index is 12.5. The van der Waals surface area contributed by atoms with Gasteiger partial charge in [-0.1, -0.05) is 12.1 Å². The molecule has 1 amide bonds. The van der Waals surface area contributed by atoms with Crippen molar-refractivity contribution >= 4 is 16.7 Å². The fourth-order valence-corrected chi connectivity index (χ4v) is 3.81.